The van der Waals surface area contributed by atoms with Gasteiger partial charge in [0.2, 0.25) is 6.29 Å². The van der Waals surface area contributed by atoms with E-state index in [-0.39, 0.29) is 31.8 Å². The molecule has 0 spiro atoms. The van der Waals surface area contributed by atoms with Gasteiger partial charge in [-0.25, -0.2) is 9.59 Å². The fourth-order valence-electron chi connectivity index (χ4n) is 19.4. The Morgan fingerprint density at radius 1 is 0.623 bits per heavy atom. The molecule has 11 rings (SSSR count). The van der Waals surface area contributed by atoms with E-state index in [0.717, 1.165) is 24.9 Å². The standard InChI is InChI=1S/C75H110O31/c1-12-13-28-94-63(91)59-56(90)58(102-64-53(87)49(83)41(79)32-95-64)61(104-66-55(89)52(86)50(84)42(31-76)99-66)68(103-59)100-46-23-24-71(7)43(72(46,8)33-77)22-25-73(9)44(71)20-19-39-40-29-70(5,6)26-27-75(40,45(80)30-74(39,73)10)69(92)106-67-62(105-65-54(88)51(85)48(82)34(2)96-65)60(98-36(4)78)57(35(3)97-67)101-47(81)21-16-37-14-17-38(93-11)18-15-37/h14-19,21,33-35,40-46,48-62,64-68,76,79-80,82-90H,12-13,20,22-32H2,1-11H3/t34-,35+,40?,41+,42+,43+,44+,45+,46-,48-,49-,50-,51+,52-,53+,54+,55+,56-,57-,58-,59-,60-,61+,62+,64-,65-,66-,67-,68+,71-,72-,73+,74+,75+/m0/s1. The van der Waals surface area contributed by atoms with Gasteiger partial charge in [-0.1, -0.05) is 78.7 Å². The number of benzene rings is 1. The Kier molecular flexibility index (Phi) is 24.9. The van der Waals surface area contributed by atoms with Crippen molar-refractivity contribution in [2.45, 2.75) is 299 Å². The van der Waals surface area contributed by atoms with E-state index in [1.165, 1.54) is 27.0 Å². The molecule has 0 radical (unpaired) electrons. The van der Waals surface area contributed by atoms with Gasteiger partial charge in [0.25, 0.3) is 0 Å². The summed E-state index contributed by atoms with van der Waals surface area (Å²) in [7, 11) is 1.51. The van der Waals surface area contributed by atoms with Crippen molar-refractivity contribution in [1.29, 1.82) is 0 Å². The number of aldehydes is 1. The van der Waals surface area contributed by atoms with Gasteiger partial charge in [0.05, 0.1) is 56.8 Å². The third-order valence-electron chi connectivity index (χ3n) is 25.8. The smallest absolute Gasteiger partial charge is 0.338 e. The minimum Gasteiger partial charge on any atom is -0.497 e. The van der Waals surface area contributed by atoms with Crippen molar-refractivity contribution in [1.82, 2.24) is 0 Å². The van der Waals surface area contributed by atoms with Crippen molar-refractivity contribution in [2.75, 3.05) is 26.9 Å². The number of fused-ring (bicyclic) bond motifs is 7. The van der Waals surface area contributed by atoms with Crippen molar-refractivity contribution in [3.05, 3.63) is 47.6 Å². The molecule has 5 heterocycles. The maximum Gasteiger partial charge on any atom is 0.338 e. The molecule has 1 unspecified atom stereocenters. The van der Waals surface area contributed by atoms with Crippen LogP contribution in [0.5, 0.6) is 5.75 Å². The van der Waals surface area contributed by atoms with Crippen LogP contribution in [-0.4, -0.2) is 278 Å². The zero-order chi connectivity index (χ0) is 77.2. The number of carbonyl (C=O) groups excluding carboxylic acids is 5. The van der Waals surface area contributed by atoms with Gasteiger partial charge in [-0.3, -0.25) is 9.59 Å². The van der Waals surface area contributed by atoms with Crippen LogP contribution in [0.25, 0.3) is 6.08 Å². The molecule has 10 aliphatic rings. The molecule has 5 saturated heterocycles. The highest BCUT2D eigenvalue weighted by Gasteiger charge is 2.73. The van der Waals surface area contributed by atoms with Crippen molar-refractivity contribution in [3.8, 4) is 5.75 Å². The van der Waals surface area contributed by atoms with Crippen LogP contribution in [0, 0.1) is 50.2 Å². The quantitative estimate of drug-likeness (QED) is 0.0154. The molecule has 34 atom stereocenters. The van der Waals surface area contributed by atoms with Gasteiger partial charge in [0.15, 0.2) is 49.6 Å². The summed E-state index contributed by atoms with van der Waals surface area (Å²) in [5.74, 6) is -4.49. The Balaban J connectivity index is 0.899. The number of esters is 4. The average molecular weight is 1510 g/mol. The van der Waals surface area contributed by atoms with E-state index in [1.807, 2.05) is 6.92 Å². The topological polar surface area (TPSA) is 457 Å². The Morgan fingerprint density at radius 2 is 1.26 bits per heavy atom. The largest absolute Gasteiger partial charge is 0.497 e. The first kappa shape index (κ1) is 82.2. The highest BCUT2D eigenvalue weighted by Crippen LogP contribution is 2.76. The number of carbonyl (C=O) groups is 5. The molecule has 31 heteroatoms. The normalized spacial score (nSPS) is 47.1. The molecule has 12 N–H and O–H groups in total. The molecule has 0 bridgehead atoms. The van der Waals surface area contributed by atoms with E-state index in [9.17, 15) is 80.5 Å². The van der Waals surface area contributed by atoms with Crippen LogP contribution in [0.3, 0.4) is 0 Å². The lowest BCUT2D eigenvalue weighted by Crippen LogP contribution is -2.69. The minimum absolute atomic E-state index is 0.0595. The molecule has 1 aromatic rings. The van der Waals surface area contributed by atoms with Gasteiger partial charge < -0.3 is 132 Å². The van der Waals surface area contributed by atoms with E-state index in [4.69, 9.17) is 66.3 Å². The zero-order valence-electron chi connectivity index (χ0n) is 61.9. The first-order chi connectivity index (χ1) is 50.0. The van der Waals surface area contributed by atoms with E-state index >= 15 is 4.79 Å². The molecule has 5 aliphatic heterocycles. The summed E-state index contributed by atoms with van der Waals surface area (Å²) in [5, 5.41) is 134. The molecule has 106 heavy (non-hydrogen) atoms. The van der Waals surface area contributed by atoms with Gasteiger partial charge in [0.1, 0.15) is 96.8 Å². The second-order valence-electron chi connectivity index (χ2n) is 32.7. The van der Waals surface area contributed by atoms with E-state index in [2.05, 4.69) is 40.7 Å². The number of hydrogen-bond donors (Lipinski definition) is 12. The second-order valence-corrected chi connectivity index (χ2v) is 32.7. The van der Waals surface area contributed by atoms with Crippen LogP contribution < -0.4 is 4.74 Å². The van der Waals surface area contributed by atoms with Crippen molar-refractivity contribution >= 4 is 36.2 Å². The Morgan fingerprint density at radius 3 is 1.92 bits per heavy atom. The third kappa shape index (κ3) is 15.0. The number of allylic oxidation sites excluding steroid dienone is 2. The highest BCUT2D eigenvalue weighted by molar-refractivity contribution is 5.87. The van der Waals surface area contributed by atoms with Crippen molar-refractivity contribution < 1.29 is 152 Å². The first-order valence-corrected chi connectivity index (χ1v) is 37.2. The molecule has 0 amide bonds. The maximum absolute atomic E-state index is 16.1. The summed E-state index contributed by atoms with van der Waals surface area (Å²) in [6.45, 7) is 16.8. The lowest BCUT2D eigenvalue weighted by Gasteiger charge is -2.71. The fourth-order valence-corrected chi connectivity index (χ4v) is 19.4. The van der Waals surface area contributed by atoms with Gasteiger partial charge in [0, 0.05) is 13.0 Å². The van der Waals surface area contributed by atoms with Crippen LogP contribution >= 0.6 is 0 Å². The molecule has 4 saturated carbocycles. The number of aliphatic hydroxyl groups is 12. The Labute approximate surface area is 615 Å². The van der Waals surface area contributed by atoms with E-state index in [1.54, 1.807) is 31.2 Å². The summed E-state index contributed by atoms with van der Waals surface area (Å²) in [5.41, 5.74) is -4.08. The lowest BCUT2D eigenvalue weighted by atomic mass is 9.33. The molecule has 0 aromatic heterocycles. The van der Waals surface area contributed by atoms with Gasteiger partial charge in [-0.15, -0.1) is 0 Å². The summed E-state index contributed by atoms with van der Waals surface area (Å²) in [6, 6.07) is 6.80. The SMILES string of the molecule is CCCCOC(=O)[C@H]1O[C@@H](O[C@H]2CC[C@]3(C)[C@H]4CC=C5C6CC(C)(C)CC[C@]6(C(=O)O[C@@H]6O[C@H](C)[C@H](OC(=O)C=Cc7ccc(OC)cc7)[C@H](OC(C)=O)[C@H]6O[C@@H]6O[C@@H](C)[C@H](O)[C@@H](O)[C@H]6O)[C@H](O)C[C@@]5(C)[C@]4(C)CC[C@H]3[C@]2(C)C=O)[C@H](O[C@@H]2O[C@H](CO)[C@H](O)[C@H](O)[C@H]2O)[C@@H](O[C@@H]2OC[C@@H](O)[C@H](O)[C@H]2O)[C@@H]1O. The minimum atomic E-state index is -2.08. The zero-order valence-corrected chi connectivity index (χ0v) is 61.9. The average Bonchev–Trinajstić information content (AvgIpc) is 0.670. The first-order valence-electron chi connectivity index (χ1n) is 37.2. The van der Waals surface area contributed by atoms with Crippen molar-refractivity contribution in [3.63, 3.8) is 0 Å². The monoisotopic (exact) mass is 1510 g/mol. The summed E-state index contributed by atoms with van der Waals surface area (Å²) in [4.78, 5) is 71.6. The van der Waals surface area contributed by atoms with Crippen LogP contribution in [-0.2, 0) is 85.6 Å². The summed E-state index contributed by atoms with van der Waals surface area (Å²) < 4.78 is 85.5. The molecule has 596 valence electrons. The van der Waals surface area contributed by atoms with Crippen LogP contribution in [0.2, 0.25) is 0 Å². The van der Waals surface area contributed by atoms with Crippen LogP contribution in [0.4, 0.5) is 0 Å². The second kappa shape index (κ2) is 32.1. The maximum atomic E-state index is 16.1. The van der Waals surface area contributed by atoms with E-state index in [0.29, 0.717) is 62.7 Å². The number of aliphatic hydroxyl groups excluding tert-OH is 12. The molecule has 31 nitrogen and oxygen atoms in total. The number of ether oxygens (including phenoxy) is 14. The van der Waals surface area contributed by atoms with Crippen LogP contribution in [0.15, 0.2) is 42.0 Å². The predicted molar refractivity (Wildman–Crippen MR) is 363 cm³/mol. The number of methoxy groups -OCH3 is 1. The number of rotatable bonds is 21. The third-order valence-corrected chi connectivity index (χ3v) is 25.8. The lowest BCUT2D eigenvalue weighted by molar-refractivity contribution is -0.392. The van der Waals surface area contributed by atoms with Crippen molar-refractivity contribution in [2.24, 2.45) is 50.2 Å². The highest BCUT2D eigenvalue weighted by atomic mass is 16.8. The predicted octanol–water partition coefficient (Wildman–Crippen LogP) is 0.828. The number of hydrogen-bond acceptors (Lipinski definition) is 31. The molecule has 9 fully saturated rings. The molecular formula is C75H110O31. The Bertz CT molecular complexity index is 3320. The van der Waals surface area contributed by atoms with E-state index < -0.39 is 241 Å². The summed E-state index contributed by atoms with van der Waals surface area (Å²) in [6.07, 6.45) is -35.2. The molecular weight excluding hydrogens is 1400 g/mol. The summed E-state index contributed by atoms with van der Waals surface area (Å²) >= 11 is 0. The molecule has 1 aromatic carbocycles. The van der Waals surface area contributed by atoms with Gasteiger partial charge in [-0.05, 0) is 141 Å². The van der Waals surface area contributed by atoms with Crippen LogP contribution in [0.1, 0.15) is 145 Å². The Hall–Kier alpha value is -4.79. The number of unbranched alkanes of at least 4 members (excludes halogenated alkanes) is 1. The van der Waals surface area contributed by atoms with Gasteiger partial charge >= 0.3 is 23.9 Å². The molecule has 5 aliphatic carbocycles. The fraction of sp³-hybridized carbons (Fsp3) is 0.800. The van der Waals surface area contributed by atoms with Gasteiger partial charge in [-0.2, -0.15) is 0 Å².